The average Bonchev–Trinajstić information content (AvgIpc) is 3.06. The van der Waals surface area contributed by atoms with Gasteiger partial charge in [0.25, 0.3) is 0 Å². The zero-order chi connectivity index (χ0) is 22.7. The maximum atomic E-state index is 9.29. The van der Waals surface area contributed by atoms with E-state index in [1.807, 2.05) is 45.3 Å². The summed E-state index contributed by atoms with van der Waals surface area (Å²) in [6.45, 7) is 5.74. The summed E-state index contributed by atoms with van der Waals surface area (Å²) in [6, 6.07) is 8.56. The molecule has 2 aromatic heterocycles. The van der Waals surface area contributed by atoms with Crippen LogP contribution in [0.25, 0.3) is 17.1 Å². The third-order valence-corrected chi connectivity index (χ3v) is 6.34. The third kappa shape index (κ3) is 3.16. The van der Waals surface area contributed by atoms with Gasteiger partial charge in [0.15, 0.2) is 5.65 Å². The van der Waals surface area contributed by atoms with Crippen molar-refractivity contribution in [3.05, 3.63) is 40.6 Å². The number of aromatic nitrogens is 4. The monoisotopic (exact) mass is 425 g/mol. The Kier molecular flexibility index (Phi) is 4.25. The minimum atomic E-state index is -0.157. The molecular weight excluding hydrogens is 402 g/mol. The van der Waals surface area contributed by atoms with Crippen molar-refractivity contribution < 1.29 is 4.74 Å². The van der Waals surface area contributed by atoms with Gasteiger partial charge in [-0.2, -0.15) is 25.6 Å². The quantitative estimate of drug-likeness (QED) is 0.596. The van der Waals surface area contributed by atoms with Crippen LogP contribution < -0.4 is 10.1 Å². The molecule has 0 atom stereocenters. The zero-order valence-corrected chi connectivity index (χ0v) is 18.5. The first kappa shape index (κ1) is 20.0. The maximum Gasteiger partial charge on any atom is 0.235 e. The van der Waals surface area contributed by atoms with Crippen LogP contribution in [0.1, 0.15) is 42.9 Å². The molecule has 0 saturated heterocycles. The van der Waals surface area contributed by atoms with Gasteiger partial charge in [-0.1, -0.05) is 0 Å². The molecule has 8 nitrogen and oxygen atoms in total. The molecule has 3 aromatic rings. The molecule has 3 aliphatic carbocycles. The van der Waals surface area contributed by atoms with E-state index in [2.05, 4.69) is 32.5 Å². The molecule has 1 N–H and O–H groups in total. The number of ether oxygens (including phenoxy) is 1. The Hall–Kier alpha value is -3.91. The minimum Gasteiger partial charge on any atom is -0.437 e. The molecule has 0 spiro atoms. The van der Waals surface area contributed by atoms with Gasteiger partial charge in [-0.15, -0.1) is 0 Å². The number of hydrogen-bond donors (Lipinski definition) is 1. The zero-order valence-electron chi connectivity index (χ0n) is 18.5. The molecule has 3 fully saturated rings. The highest BCUT2D eigenvalue weighted by molar-refractivity contribution is 5.81. The van der Waals surface area contributed by atoms with Crippen molar-refractivity contribution in [2.45, 2.75) is 45.6 Å². The summed E-state index contributed by atoms with van der Waals surface area (Å²) < 4.78 is 8.03. The SMILES string of the molecule is C/C(C#N)=C\c1cc(C)c(Oc2nc(NC34CC(C#N)(C3)C4)nc3nn(C)cc23)c(C)c1. The summed E-state index contributed by atoms with van der Waals surface area (Å²) in [5.74, 6) is 1.63. The smallest absolute Gasteiger partial charge is 0.235 e. The van der Waals surface area contributed by atoms with Gasteiger partial charge < -0.3 is 10.1 Å². The lowest BCUT2D eigenvalue weighted by atomic mass is 9.40. The van der Waals surface area contributed by atoms with Crippen LogP contribution >= 0.6 is 0 Å². The van der Waals surface area contributed by atoms with Gasteiger partial charge in [-0.05, 0) is 74.9 Å². The first-order valence-corrected chi connectivity index (χ1v) is 10.5. The van der Waals surface area contributed by atoms with Gasteiger partial charge in [0.05, 0.1) is 17.6 Å². The summed E-state index contributed by atoms with van der Waals surface area (Å²) in [6.07, 6.45) is 6.18. The highest BCUT2D eigenvalue weighted by Gasteiger charge is 2.69. The Morgan fingerprint density at radius 2 is 1.88 bits per heavy atom. The van der Waals surface area contributed by atoms with Gasteiger partial charge in [-0.25, -0.2) is 0 Å². The van der Waals surface area contributed by atoms with E-state index in [4.69, 9.17) is 10.00 Å². The van der Waals surface area contributed by atoms with Crippen molar-refractivity contribution in [2.24, 2.45) is 12.5 Å². The average molecular weight is 425 g/mol. The van der Waals surface area contributed by atoms with Crippen molar-refractivity contribution in [3.63, 3.8) is 0 Å². The lowest BCUT2D eigenvalue weighted by molar-refractivity contribution is -0.0665. The van der Waals surface area contributed by atoms with Crippen molar-refractivity contribution in [1.29, 1.82) is 10.5 Å². The number of rotatable bonds is 5. The van der Waals surface area contributed by atoms with Gasteiger partial charge in [0, 0.05) is 24.4 Å². The highest BCUT2D eigenvalue weighted by Crippen LogP contribution is 2.67. The van der Waals surface area contributed by atoms with E-state index in [0.29, 0.717) is 23.0 Å². The summed E-state index contributed by atoms with van der Waals surface area (Å²) in [5.41, 5.74) is 3.81. The predicted octanol–water partition coefficient (Wildman–Crippen LogP) is 4.56. The number of nitrogens with zero attached hydrogens (tertiary/aromatic N) is 6. The number of allylic oxidation sites excluding steroid dienone is 1. The normalized spacial score (nSPS) is 23.6. The van der Waals surface area contributed by atoms with E-state index in [1.54, 1.807) is 11.6 Å². The Morgan fingerprint density at radius 3 is 2.50 bits per heavy atom. The Balaban J connectivity index is 1.49. The van der Waals surface area contributed by atoms with Gasteiger partial charge in [0.2, 0.25) is 11.8 Å². The summed E-state index contributed by atoms with van der Waals surface area (Å²) >= 11 is 0. The van der Waals surface area contributed by atoms with E-state index in [9.17, 15) is 5.26 Å². The fourth-order valence-corrected chi connectivity index (χ4v) is 5.01. The Labute approximate surface area is 186 Å². The number of hydrogen-bond acceptors (Lipinski definition) is 7. The van der Waals surface area contributed by atoms with Gasteiger partial charge in [0.1, 0.15) is 11.1 Å². The van der Waals surface area contributed by atoms with E-state index < -0.39 is 0 Å². The fourth-order valence-electron chi connectivity index (χ4n) is 5.01. The number of benzene rings is 1. The van der Waals surface area contributed by atoms with E-state index >= 15 is 0 Å². The molecular formula is C24H23N7O. The molecule has 2 bridgehead atoms. The predicted molar refractivity (Wildman–Crippen MR) is 120 cm³/mol. The number of anilines is 1. The molecule has 32 heavy (non-hydrogen) atoms. The second kappa shape index (κ2) is 6.80. The maximum absolute atomic E-state index is 9.29. The molecule has 3 saturated carbocycles. The molecule has 6 rings (SSSR count). The van der Waals surface area contributed by atoms with Crippen molar-refractivity contribution >= 4 is 23.1 Å². The summed E-state index contributed by atoms with van der Waals surface area (Å²) in [5, 5.41) is 27.0. The highest BCUT2D eigenvalue weighted by atomic mass is 16.5. The van der Waals surface area contributed by atoms with Crippen LogP contribution in [0.5, 0.6) is 11.6 Å². The van der Waals surface area contributed by atoms with Crippen LogP contribution in [0, 0.1) is 41.9 Å². The lowest BCUT2D eigenvalue weighted by Gasteiger charge is -2.66. The number of aryl methyl sites for hydroxylation is 3. The molecule has 0 amide bonds. The van der Waals surface area contributed by atoms with E-state index in [1.165, 1.54) is 0 Å². The van der Waals surface area contributed by atoms with E-state index in [-0.39, 0.29) is 11.0 Å². The first-order chi connectivity index (χ1) is 15.2. The minimum absolute atomic E-state index is 0.0894. The first-order valence-electron chi connectivity index (χ1n) is 10.5. The molecule has 2 heterocycles. The lowest BCUT2D eigenvalue weighted by Crippen LogP contribution is -2.70. The number of fused-ring (bicyclic) bond motifs is 1. The van der Waals surface area contributed by atoms with Gasteiger partial charge >= 0.3 is 0 Å². The van der Waals surface area contributed by atoms with Crippen LogP contribution in [-0.4, -0.2) is 25.3 Å². The largest absolute Gasteiger partial charge is 0.437 e. The van der Waals surface area contributed by atoms with Crippen LogP contribution in [0.15, 0.2) is 23.9 Å². The molecule has 3 aliphatic rings. The second-order valence-corrected chi connectivity index (χ2v) is 9.25. The standard InChI is InChI=1S/C24H23N7O/c1-14(8-25)5-17-6-15(2)19(16(3)7-17)32-21-18-9-31(4)30-20(18)27-22(28-21)29-24-10-23(11-24,12-24)13-26/h5-7,9H,10-12H2,1-4H3,(H,27,29,30)/b14-5+. The second-order valence-electron chi connectivity index (χ2n) is 9.25. The Bertz CT molecular complexity index is 1340. The van der Waals surface area contributed by atoms with Crippen LogP contribution in [0.2, 0.25) is 0 Å². The van der Waals surface area contributed by atoms with Gasteiger partial charge in [-0.3, -0.25) is 4.68 Å². The fraction of sp³-hybridized carbons (Fsp3) is 0.375. The summed E-state index contributed by atoms with van der Waals surface area (Å²) in [4.78, 5) is 9.26. The van der Waals surface area contributed by atoms with Crippen molar-refractivity contribution in [1.82, 2.24) is 19.7 Å². The molecule has 0 radical (unpaired) electrons. The number of nitrogens with one attached hydrogen (secondary N) is 1. The van der Waals surface area contributed by atoms with E-state index in [0.717, 1.165) is 47.1 Å². The van der Waals surface area contributed by atoms with Crippen LogP contribution in [-0.2, 0) is 7.05 Å². The molecule has 0 aliphatic heterocycles. The molecule has 8 heteroatoms. The number of nitriles is 2. The third-order valence-electron chi connectivity index (χ3n) is 6.34. The van der Waals surface area contributed by atoms with Crippen molar-refractivity contribution in [3.8, 4) is 23.8 Å². The van der Waals surface area contributed by atoms with Crippen molar-refractivity contribution in [2.75, 3.05) is 5.32 Å². The van der Waals surface area contributed by atoms with Crippen LogP contribution in [0.4, 0.5) is 5.95 Å². The molecule has 0 unspecified atom stereocenters. The topological polar surface area (TPSA) is 112 Å². The molecule has 160 valence electrons. The molecule has 1 aromatic carbocycles. The summed E-state index contributed by atoms with van der Waals surface area (Å²) in [7, 11) is 1.84. The van der Waals surface area contributed by atoms with Crippen LogP contribution in [0.3, 0.4) is 0 Å². The Morgan fingerprint density at radius 1 is 1.19 bits per heavy atom.